The number of nitrogens with one attached hydrogen (secondary N) is 2. The van der Waals surface area contributed by atoms with E-state index in [1.54, 1.807) is 14.2 Å². The number of anilines is 1. The van der Waals surface area contributed by atoms with E-state index in [-0.39, 0.29) is 12.7 Å². The molecule has 0 fully saturated rings. The van der Waals surface area contributed by atoms with Crippen molar-refractivity contribution in [3.8, 4) is 23.0 Å². The summed E-state index contributed by atoms with van der Waals surface area (Å²) < 4.78 is 21.9. The molecule has 7 heteroatoms. The second kappa shape index (κ2) is 7.00. The fourth-order valence-electron chi connectivity index (χ4n) is 3.77. The number of fused-ring (bicyclic) bond motifs is 2. The summed E-state index contributed by atoms with van der Waals surface area (Å²) in [5, 5.41) is 3.01. The highest BCUT2D eigenvalue weighted by Gasteiger charge is 2.40. The van der Waals surface area contributed by atoms with E-state index < -0.39 is 6.04 Å². The molecule has 2 N–H and O–H groups in total. The maximum Gasteiger partial charge on any atom is 0.287 e. The molecule has 27 heavy (non-hydrogen) atoms. The summed E-state index contributed by atoms with van der Waals surface area (Å²) in [6, 6.07) is 8.86. The fraction of sp³-hybridized carbons (Fsp3) is 0.350. The minimum atomic E-state index is -0.402. The van der Waals surface area contributed by atoms with Crippen molar-refractivity contribution in [3.05, 3.63) is 41.5 Å². The molecular formula is C20H23N2O5+. The quantitative estimate of drug-likeness (QED) is 0.845. The summed E-state index contributed by atoms with van der Waals surface area (Å²) in [7, 11) is 5.23. The molecule has 2 aromatic rings. The van der Waals surface area contributed by atoms with Crippen LogP contribution in [0.2, 0.25) is 0 Å². The Morgan fingerprint density at radius 2 is 1.96 bits per heavy atom. The van der Waals surface area contributed by atoms with Gasteiger partial charge in [0.25, 0.3) is 5.91 Å². The van der Waals surface area contributed by atoms with E-state index in [1.807, 2.05) is 37.4 Å². The standard InChI is InChI=1S/C20H22N2O5/c1-22-9-8-12-10-15-18(27-11-26-15)19(25-3)16(12)17(22)20(23)21-13-4-6-14(24-2)7-5-13/h4-7,10,17H,8-9,11H2,1-3H3,(H,21,23)/p+1/t17-/m1/s1. The van der Waals surface area contributed by atoms with E-state index >= 15 is 0 Å². The zero-order valence-corrected chi connectivity index (χ0v) is 15.6. The van der Waals surface area contributed by atoms with Crippen molar-refractivity contribution >= 4 is 11.6 Å². The Kier molecular flexibility index (Phi) is 4.53. The van der Waals surface area contributed by atoms with Crippen molar-refractivity contribution < 1.29 is 28.6 Å². The van der Waals surface area contributed by atoms with Crippen molar-refractivity contribution in [3.63, 3.8) is 0 Å². The molecule has 2 atom stereocenters. The number of likely N-dealkylation sites (N-methyl/N-ethyl adjacent to an activating group) is 1. The average Bonchev–Trinajstić information content (AvgIpc) is 3.15. The molecule has 0 spiro atoms. The number of carbonyl (C=O) groups excluding carboxylic acids is 1. The third kappa shape index (κ3) is 3.04. The van der Waals surface area contributed by atoms with Gasteiger partial charge in [-0.25, -0.2) is 0 Å². The number of hydrogen-bond acceptors (Lipinski definition) is 5. The molecule has 2 aromatic carbocycles. The van der Waals surface area contributed by atoms with Crippen LogP contribution < -0.4 is 29.2 Å². The van der Waals surface area contributed by atoms with Crippen LogP contribution in [0.5, 0.6) is 23.0 Å². The van der Waals surface area contributed by atoms with E-state index in [1.165, 1.54) is 0 Å². The molecule has 7 nitrogen and oxygen atoms in total. The molecule has 0 aromatic heterocycles. The number of hydrogen-bond donors (Lipinski definition) is 2. The normalized spacial score (nSPS) is 20.0. The van der Waals surface area contributed by atoms with Crippen LogP contribution in [0, 0.1) is 0 Å². The predicted octanol–water partition coefficient (Wildman–Crippen LogP) is 1.18. The van der Waals surface area contributed by atoms with Gasteiger partial charge in [0.15, 0.2) is 17.5 Å². The van der Waals surface area contributed by atoms with Gasteiger partial charge in [-0.3, -0.25) is 4.79 Å². The smallest absolute Gasteiger partial charge is 0.287 e. The van der Waals surface area contributed by atoms with Crippen LogP contribution in [0.15, 0.2) is 30.3 Å². The van der Waals surface area contributed by atoms with Crippen LogP contribution in [-0.4, -0.2) is 40.5 Å². The maximum absolute atomic E-state index is 13.2. The first-order valence-corrected chi connectivity index (χ1v) is 8.89. The molecule has 2 aliphatic heterocycles. The highest BCUT2D eigenvalue weighted by molar-refractivity contribution is 5.95. The van der Waals surface area contributed by atoms with Gasteiger partial charge in [-0.05, 0) is 35.9 Å². The second-order valence-corrected chi connectivity index (χ2v) is 6.71. The molecule has 0 aliphatic carbocycles. The van der Waals surface area contributed by atoms with E-state index in [9.17, 15) is 4.79 Å². The van der Waals surface area contributed by atoms with Crippen LogP contribution >= 0.6 is 0 Å². The molecular weight excluding hydrogens is 348 g/mol. The van der Waals surface area contributed by atoms with Gasteiger partial charge in [0.2, 0.25) is 12.5 Å². The molecule has 0 bridgehead atoms. The Morgan fingerprint density at radius 1 is 1.19 bits per heavy atom. The molecule has 4 rings (SSSR count). The van der Waals surface area contributed by atoms with Crippen molar-refractivity contribution in [2.45, 2.75) is 12.5 Å². The Bertz CT molecular complexity index is 866. The monoisotopic (exact) mass is 371 g/mol. The van der Waals surface area contributed by atoms with Crippen LogP contribution in [0.4, 0.5) is 5.69 Å². The third-order valence-electron chi connectivity index (χ3n) is 5.14. The van der Waals surface area contributed by atoms with Crippen LogP contribution in [0.1, 0.15) is 17.2 Å². The van der Waals surface area contributed by atoms with Gasteiger partial charge in [0.05, 0.1) is 33.4 Å². The highest BCUT2D eigenvalue weighted by Crippen LogP contribution is 2.47. The van der Waals surface area contributed by atoms with Gasteiger partial charge in [-0.1, -0.05) is 0 Å². The molecule has 2 heterocycles. The minimum absolute atomic E-state index is 0.0872. The molecule has 2 aliphatic rings. The van der Waals surface area contributed by atoms with Gasteiger partial charge in [-0.2, -0.15) is 0 Å². The number of benzene rings is 2. The molecule has 142 valence electrons. The Labute approximate surface area is 157 Å². The lowest BCUT2D eigenvalue weighted by Crippen LogP contribution is -3.11. The third-order valence-corrected chi connectivity index (χ3v) is 5.14. The van der Waals surface area contributed by atoms with Gasteiger partial charge in [0.1, 0.15) is 5.75 Å². The van der Waals surface area contributed by atoms with Crippen LogP contribution in [-0.2, 0) is 11.2 Å². The molecule has 0 radical (unpaired) electrons. The van der Waals surface area contributed by atoms with Crippen LogP contribution in [0.3, 0.4) is 0 Å². The fourth-order valence-corrected chi connectivity index (χ4v) is 3.77. The molecule has 0 saturated heterocycles. The number of ether oxygens (including phenoxy) is 4. The maximum atomic E-state index is 13.2. The summed E-state index contributed by atoms with van der Waals surface area (Å²) in [5.74, 6) is 2.51. The van der Waals surface area contributed by atoms with Crippen molar-refractivity contribution in [1.29, 1.82) is 0 Å². The SMILES string of the molecule is COc1ccc(NC(=O)[C@H]2c3c(cc4c(c3OC)OCO4)CC[NH+]2C)cc1. The van der Waals surface area contributed by atoms with Gasteiger partial charge in [0, 0.05) is 12.1 Å². The highest BCUT2D eigenvalue weighted by atomic mass is 16.7. The first kappa shape index (κ1) is 17.5. The number of amides is 1. The number of carbonyl (C=O) groups is 1. The largest absolute Gasteiger partial charge is 0.497 e. The number of methoxy groups -OCH3 is 2. The van der Waals surface area contributed by atoms with E-state index in [0.29, 0.717) is 17.2 Å². The first-order chi connectivity index (χ1) is 13.1. The summed E-state index contributed by atoms with van der Waals surface area (Å²) in [5.41, 5.74) is 2.66. The zero-order valence-electron chi connectivity index (χ0n) is 15.6. The minimum Gasteiger partial charge on any atom is -0.497 e. The van der Waals surface area contributed by atoms with Crippen molar-refractivity contribution in [2.75, 3.05) is 39.9 Å². The Hall–Kier alpha value is -2.93. The number of rotatable bonds is 4. The lowest BCUT2D eigenvalue weighted by atomic mass is 9.90. The Balaban J connectivity index is 1.69. The molecule has 0 saturated carbocycles. The summed E-state index contributed by atoms with van der Waals surface area (Å²) >= 11 is 0. The average molecular weight is 371 g/mol. The van der Waals surface area contributed by atoms with Crippen LogP contribution in [0.25, 0.3) is 0 Å². The van der Waals surface area contributed by atoms with Gasteiger partial charge in [-0.15, -0.1) is 0 Å². The number of quaternary nitrogens is 1. The van der Waals surface area contributed by atoms with Gasteiger partial charge >= 0.3 is 0 Å². The van der Waals surface area contributed by atoms with E-state index in [2.05, 4.69) is 5.32 Å². The van der Waals surface area contributed by atoms with Crippen molar-refractivity contribution in [1.82, 2.24) is 0 Å². The lowest BCUT2D eigenvalue weighted by Gasteiger charge is -2.32. The second-order valence-electron chi connectivity index (χ2n) is 6.71. The lowest BCUT2D eigenvalue weighted by molar-refractivity contribution is -0.904. The summed E-state index contributed by atoms with van der Waals surface area (Å²) in [4.78, 5) is 14.3. The summed E-state index contributed by atoms with van der Waals surface area (Å²) in [6.45, 7) is 1.01. The molecule has 1 unspecified atom stereocenters. The predicted molar refractivity (Wildman–Crippen MR) is 98.9 cm³/mol. The van der Waals surface area contributed by atoms with E-state index in [0.717, 1.165) is 40.4 Å². The summed E-state index contributed by atoms with van der Waals surface area (Å²) in [6.07, 6.45) is 0.848. The topological polar surface area (TPSA) is 70.5 Å². The van der Waals surface area contributed by atoms with E-state index in [4.69, 9.17) is 18.9 Å². The van der Waals surface area contributed by atoms with Gasteiger partial charge < -0.3 is 29.2 Å². The zero-order chi connectivity index (χ0) is 19.0. The van der Waals surface area contributed by atoms with Crippen molar-refractivity contribution in [2.24, 2.45) is 0 Å². The molecule has 1 amide bonds. The first-order valence-electron chi connectivity index (χ1n) is 8.89. The Morgan fingerprint density at radius 3 is 2.67 bits per heavy atom.